The standard InChI is InChI=1S/C7H3BrClIO2/c8-4-2-5(9)6(10)1-3(4)7(11)12/h1-2H,(H,11,12). The highest BCUT2D eigenvalue weighted by molar-refractivity contribution is 14.1. The van der Waals surface area contributed by atoms with Crippen molar-refractivity contribution in [3.63, 3.8) is 0 Å². The van der Waals surface area contributed by atoms with Gasteiger partial charge in [-0.1, -0.05) is 11.6 Å². The van der Waals surface area contributed by atoms with E-state index in [0.29, 0.717) is 9.50 Å². The highest BCUT2D eigenvalue weighted by Gasteiger charge is 2.10. The molecule has 0 saturated carbocycles. The van der Waals surface area contributed by atoms with Crippen molar-refractivity contribution in [3.05, 3.63) is 30.8 Å². The molecule has 1 N–H and O–H groups in total. The summed E-state index contributed by atoms with van der Waals surface area (Å²) >= 11 is 10.9. The van der Waals surface area contributed by atoms with Crippen LogP contribution < -0.4 is 0 Å². The number of rotatable bonds is 1. The van der Waals surface area contributed by atoms with E-state index >= 15 is 0 Å². The molecule has 0 aliphatic carbocycles. The molecule has 0 fully saturated rings. The van der Waals surface area contributed by atoms with Crippen LogP contribution >= 0.6 is 50.1 Å². The second kappa shape index (κ2) is 3.93. The van der Waals surface area contributed by atoms with Crippen molar-refractivity contribution in [1.29, 1.82) is 0 Å². The summed E-state index contributed by atoms with van der Waals surface area (Å²) in [4.78, 5) is 10.6. The Labute approximate surface area is 96.2 Å². The Kier molecular flexibility index (Phi) is 3.37. The number of halogens is 3. The topological polar surface area (TPSA) is 37.3 Å². The van der Waals surface area contributed by atoms with Crippen LogP contribution in [0.5, 0.6) is 0 Å². The maximum atomic E-state index is 10.6. The minimum absolute atomic E-state index is 0.226. The molecule has 0 radical (unpaired) electrons. The van der Waals surface area contributed by atoms with E-state index in [0.717, 1.165) is 3.57 Å². The lowest BCUT2D eigenvalue weighted by Crippen LogP contribution is -1.98. The average Bonchev–Trinajstić information content (AvgIpc) is 1.96. The summed E-state index contributed by atoms with van der Waals surface area (Å²) < 4.78 is 1.23. The molecule has 0 aromatic heterocycles. The number of benzene rings is 1. The molecule has 0 unspecified atom stereocenters. The van der Waals surface area contributed by atoms with Gasteiger partial charge in [0.2, 0.25) is 0 Å². The first-order valence-electron chi connectivity index (χ1n) is 2.90. The lowest BCUT2D eigenvalue weighted by atomic mass is 10.2. The molecule has 64 valence electrons. The van der Waals surface area contributed by atoms with Crippen LogP contribution in [0.25, 0.3) is 0 Å². The second-order valence-electron chi connectivity index (χ2n) is 2.05. The molecule has 0 aliphatic rings. The third-order valence-corrected chi connectivity index (χ3v) is 3.42. The fourth-order valence-corrected chi connectivity index (χ4v) is 1.96. The minimum Gasteiger partial charge on any atom is -0.478 e. The Balaban J connectivity index is 3.33. The highest BCUT2D eigenvalue weighted by Crippen LogP contribution is 2.26. The lowest BCUT2D eigenvalue weighted by Gasteiger charge is -2.01. The Bertz CT molecular complexity index is 340. The third kappa shape index (κ3) is 2.11. The summed E-state index contributed by atoms with van der Waals surface area (Å²) in [5.41, 5.74) is 0.226. The highest BCUT2D eigenvalue weighted by atomic mass is 127. The van der Waals surface area contributed by atoms with E-state index in [2.05, 4.69) is 15.9 Å². The first-order valence-corrected chi connectivity index (χ1v) is 5.15. The number of aromatic carboxylic acids is 1. The number of carbonyl (C=O) groups is 1. The van der Waals surface area contributed by atoms with Crippen LogP contribution in [0.1, 0.15) is 10.4 Å². The van der Waals surface area contributed by atoms with Crippen molar-refractivity contribution in [2.45, 2.75) is 0 Å². The van der Waals surface area contributed by atoms with Crippen molar-refractivity contribution in [1.82, 2.24) is 0 Å². The summed E-state index contributed by atoms with van der Waals surface area (Å²) in [7, 11) is 0. The van der Waals surface area contributed by atoms with Gasteiger partial charge in [0.25, 0.3) is 0 Å². The van der Waals surface area contributed by atoms with E-state index in [4.69, 9.17) is 16.7 Å². The van der Waals surface area contributed by atoms with Gasteiger partial charge in [0, 0.05) is 8.04 Å². The van der Waals surface area contributed by atoms with Crippen LogP contribution in [0.15, 0.2) is 16.6 Å². The predicted octanol–water partition coefficient (Wildman–Crippen LogP) is 3.41. The largest absolute Gasteiger partial charge is 0.478 e. The summed E-state index contributed by atoms with van der Waals surface area (Å²) in [6.07, 6.45) is 0. The molecule has 12 heavy (non-hydrogen) atoms. The number of carboxylic acid groups (broad SMARTS) is 1. The molecule has 5 heteroatoms. The van der Waals surface area contributed by atoms with E-state index in [1.807, 2.05) is 22.6 Å². The van der Waals surface area contributed by atoms with Crippen LogP contribution in [0, 0.1) is 3.57 Å². The molecule has 0 spiro atoms. The van der Waals surface area contributed by atoms with Gasteiger partial charge in [0.05, 0.1) is 10.6 Å². The average molecular weight is 361 g/mol. The van der Waals surface area contributed by atoms with E-state index in [-0.39, 0.29) is 5.56 Å². The quantitative estimate of drug-likeness (QED) is 0.615. The number of hydrogen-bond acceptors (Lipinski definition) is 1. The van der Waals surface area contributed by atoms with E-state index in [1.165, 1.54) is 6.07 Å². The summed E-state index contributed by atoms with van der Waals surface area (Å²) in [6.45, 7) is 0. The molecular weight excluding hydrogens is 358 g/mol. The van der Waals surface area contributed by atoms with Crippen molar-refractivity contribution in [2.75, 3.05) is 0 Å². The summed E-state index contributed by atoms with van der Waals surface area (Å²) in [6, 6.07) is 3.10. The zero-order valence-corrected chi connectivity index (χ0v) is 10.1. The van der Waals surface area contributed by atoms with Gasteiger partial charge in [-0.15, -0.1) is 0 Å². The SMILES string of the molecule is O=C(O)c1cc(I)c(Cl)cc1Br. The molecule has 2 nitrogen and oxygen atoms in total. The fraction of sp³-hybridized carbons (Fsp3) is 0. The fourth-order valence-electron chi connectivity index (χ4n) is 0.686. The third-order valence-electron chi connectivity index (χ3n) is 1.24. The van der Waals surface area contributed by atoms with Gasteiger partial charge in [-0.2, -0.15) is 0 Å². The van der Waals surface area contributed by atoms with E-state index in [1.54, 1.807) is 6.07 Å². The Morgan fingerprint density at radius 1 is 1.58 bits per heavy atom. The molecule has 0 bridgehead atoms. The number of hydrogen-bond donors (Lipinski definition) is 1. The van der Waals surface area contributed by atoms with Gasteiger partial charge in [-0.25, -0.2) is 4.79 Å². The Morgan fingerprint density at radius 3 is 2.67 bits per heavy atom. The first-order chi connectivity index (χ1) is 5.52. The van der Waals surface area contributed by atoms with Crippen LogP contribution in [0.4, 0.5) is 0 Å². The zero-order chi connectivity index (χ0) is 9.30. The molecule has 1 rings (SSSR count). The maximum absolute atomic E-state index is 10.6. The van der Waals surface area contributed by atoms with Crippen LogP contribution in [-0.2, 0) is 0 Å². The normalized spacial score (nSPS) is 9.92. The van der Waals surface area contributed by atoms with Crippen molar-refractivity contribution >= 4 is 56.1 Å². The summed E-state index contributed by atoms with van der Waals surface area (Å²) in [5.74, 6) is -0.962. The summed E-state index contributed by atoms with van der Waals surface area (Å²) in [5, 5.41) is 9.25. The van der Waals surface area contributed by atoms with E-state index < -0.39 is 5.97 Å². The second-order valence-corrected chi connectivity index (χ2v) is 4.48. The Hall–Kier alpha value is 0.190. The smallest absolute Gasteiger partial charge is 0.336 e. The molecule has 0 aliphatic heterocycles. The first kappa shape index (κ1) is 10.3. The zero-order valence-electron chi connectivity index (χ0n) is 5.64. The lowest BCUT2D eigenvalue weighted by molar-refractivity contribution is 0.0696. The van der Waals surface area contributed by atoms with Crippen LogP contribution in [-0.4, -0.2) is 11.1 Å². The maximum Gasteiger partial charge on any atom is 0.336 e. The van der Waals surface area contributed by atoms with Gasteiger partial charge in [-0.3, -0.25) is 0 Å². The van der Waals surface area contributed by atoms with Crippen LogP contribution in [0.2, 0.25) is 5.02 Å². The van der Waals surface area contributed by atoms with Crippen molar-refractivity contribution in [3.8, 4) is 0 Å². The molecule has 1 aromatic rings. The molecule has 0 atom stereocenters. The monoisotopic (exact) mass is 360 g/mol. The molecule has 0 heterocycles. The van der Waals surface area contributed by atoms with Crippen LogP contribution in [0.3, 0.4) is 0 Å². The molecular formula is C7H3BrClIO2. The van der Waals surface area contributed by atoms with E-state index in [9.17, 15) is 4.79 Å². The molecule has 1 aromatic carbocycles. The molecule has 0 amide bonds. The predicted molar refractivity (Wildman–Crippen MR) is 58.8 cm³/mol. The van der Waals surface area contributed by atoms with Crippen molar-refractivity contribution < 1.29 is 9.90 Å². The minimum atomic E-state index is -0.962. The van der Waals surface area contributed by atoms with Gasteiger partial charge in [0.1, 0.15) is 0 Å². The van der Waals surface area contributed by atoms with Gasteiger partial charge in [0.15, 0.2) is 0 Å². The molecule has 0 saturated heterocycles. The Morgan fingerprint density at radius 2 is 2.17 bits per heavy atom. The van der Waals surface area contributed by atoms with Gasteiger partial charge in [-0.05, 0) is 50.7 Å². The van der Waals surface area contributed by atoms with Crippen molar-refractivity contribution in [2.24, 2.45) is 0 Å². The van der Waals surface area contributed by atoms with Gasteiger partial charge < -0.3 is 5.11 Å². The van der Waals surface area contributed by atoms with Gasteiger partial charge >= 0.3 is 5.97 Å². The number of carboxylic acids is 1.